The van der Waals surface area contributed by atoms with Crippen molar-refractivity contribution >= 4 is 28.3 Å². The highest BCUT2D eigenvalue weighted by Gasteiger charge is 2.24. The van der Waals surface area contributed by atoms with Crippen LogP contribution in [0.15, 0.2) is 66.7 Å². The fourth-order valence-corrected chi connectivity index (χ4v) is 3.96. The second-order valence-corrected chi connectivity index (χ2v) is 7.49. The van der Waals surface area contributed by atoms with Crippen LogP contribution >= 0.6 is 11.6 Å². The van der Waals surface area contributed by atoms with Crippen molar-refractivity contribution in [2.24, 2.45) is 0 Å². The van der Waals surface area contributed by atoms with Crippen molar-refractivity contribution in [1.29, 1.82) is 0 Å². The lowest BCUT2D eigenvalue weighted by Crippen LogP contribution is -2.34. The summed E-state index contributed by atoms with van der Waals surface area (Å²) in [4.78, 5) is 15.2. The van der Waals surface area contributed by atoms with E-state index in [1.165, 1.54) is 10.9 Å². The molecule has 26 heavy (non-hydrogen) atoms. The molecule has 1 aliphatic rings. The van der Waals surface area contributed by atoms with Crippen molar-refractivity contribution in [2.75, 3.05) is 13.1 Å². The molecule has 3 aromatic carbocycles. The van der Waals surface area contributed by atoms with E-state index in [4.69, 9.17) is 11.6 Å². The molecule has 1 amide bonds. The second kappa shape index (κ2) is 7.51. The first-order valence-electron chi connectivity index (χ1n) is 9.24. The van der Waals surface area contributed by atoms with Crippen LogP contribution in [0.4, 0.5) is 0 Å². The molecule has 1 fully saturated rings. The van der Waals surface area contributed by atoms with E-state index in [9.17, 15) is 4.79 Å². The van der Waals surface area contributed by atoms with Gasteiger partial charge in [-0.25, -0.2) is 0 Å². The normalized spacial score (nSPS) is 17.9. The molecule has 0 aromatic heterocycles. The molecule has 0 bridgehead atoms. The predicted molar refractivity (Wildman–Crippen MR) is 108 cm³/mol. The summed E-state index contributed by atoms with van der Waals surface area (Å²) in [6.07, 6.45) is 3.32. The van der Waals surface area contributed by atoms with Crippen molar-refractivity contribution in [3.05, 3.63) is 82.9 Å². The van der Waals surface area contributed by atoms with Crippen molar-refractivity contribution in [2.45, 2.75) is 25.2 Å². The van der Waals surface area contributed by atoms with Gasteiger partial charge in [-0.1, -0.05) is 60.5 Å². The number of halogens is 1. The van der Waals surface area contributed by atoms with Crippen LogP contribution < -0.4 is 0 Å². The summed E-state index contributed by atoms with van der Waals surface area (Å²) >= 11 is 6.03. The van der Waals surface area contributed by atoms with Gasteiger partial charge in [0, 0.05) is 29.6 Å². The number of amides is 1. The predicted octanol–water partition coefficient (Wildman–Crippen LogP) is 5.90. The Bertz CT molecular complexity index is 919. The Morgan fingerprint density at radius 3 is 2.50 bits per heavy atom. The van der Waals surface area contributed by atoms with Gasteiger partial charge in [0.2, 0.25) is 0 Å². The van der Waals surface area contributed by atoms with E-state index in [0.717, 1.165) is 48.3 Å². The van der Waals surface area contributed by atoms with Crippen molar-refractivity contribution < 1.29 is 4.79 Å². The second-order valence-electron chi connectivity index (χ2n) is 7.06. The zero-order valence-electron chi connectivity index (χ0n) is 14.7. The lowest BCUT2D eigenvalue weighted by atomic mass is 9.94. The average molecular weight is 364 g/mol. The summed E-state index contributed by atoms with van der Waals surface area (Å²) in [5, 5.41) is 3.04. The first kappa shape index (κ1) is 17.1. The molecule has 0 saturated carbocycles. The fraction of sp³-hybridized carbons (Fsp3) is 0.261. The number of fused-ring (bicyclic) bond motifs is 1. The third-order valence-electron chi connectivity index (χ3n) is 5.30. The van der Waals surface area contributed by atoms with Crippen molar-refractivity contribution in [3.63, 3.8) is 0 Å². The SMILES string of the molecule is O=C(c1ccc2ccccc2c1)N1CCCCC(c2ccc(Cl)cc2)C1. The van der Waals surface area contributed by atoms with E-state index >= 15 is 0 Å². The van der Waals surface area contributed by atoms with Crippen LogP contribution in [0.5, 0.6) is 0 Å². The summed E-state index contributed by atoms with van der Waals surface area (Å²) in [5.41, 5.74) is 2.05. The number of carbonyl (C=O) groups is 1. The van der Waals surface area contributed by atoms with Crippen LogP contribution in [0.25, 0.3) is 10.8 Å². The van der Waals surface area contributed by atoms with Gasteiger partial charge in [-0.05, 0) is 53.4 Å². The van der Waals surface area contributed by atoms with Crippen LogP contribution in [-0.4, -0.2) is 23.9 Å². The lowest BCUT2D eigenvalue weighted by Gasteiger charge is -2.25. The summed E-state index contributed by atoms with van der Waals surface area (Å²) in [6, 6.07) is 22.2. The molecule has 0 spiro atoms. The topological polar surface area (TPSA) is 20.3 Å². The standard InChI is InChI=1S/C23H22ClNO/c24-22-12-10-18(11-13-22)21-7-3-4-14-25(16-21)23(26)20-9-8-17-5-1-2-6-19(17)15-20/h1-2,5-6,8-13,15,21H,3-4,7,14,16H2. The molecular weight excluding hydrogens is 342 g/mol. The minimum atomic E-state index is 0.136. The maximum absolute atomic E-state index is 13.1. The molecule has 4 rings (SSSR count). The maximum atomic E-state index is 13.1. The lowest BCUT2D eigenvalue weighted by molar-refractivity contribution is 0.0754. The Morgan fingerprint density at radius 2 is 1.69 bits per heavy atom. The van der Waals surface area contributed by atoms with E-state index in [1.54, 1.807) is 0 Å². The fourth-order valence-electron chi connectivity index (χ4n) is 3.84. The molecule has 3 heteroatoms. The van der Waals surface area contributed by atoms with Crippen LogP contribution in [0.1, 0.15) is 41.1 Å². The highest BCUT2D eigenvalue weighted by Crippen LogP contribution is 2.28. The van der Waals surface area contributed by atoms with Crippen LogP contribution in [0.3, 0.4) is 0 Å². The number of rotatable bonds is 2. The van der Waals surface area contributed by atoms with Crippen molar-refractivity contribution in [1.82, 2.24) is 4.90 Å². The zero-order valence-corrected chi connectivity index (χ0v) is 15.5. The van der Waals surface area contributed by atoms with Gasteiger partial charge in [0.05, 0.1) is 0 Å². The third kappa shape index (κ3) is 3.61. The van der Waals surface area contributed by atoms with E-state index < -0.39 is 0 Å². The molecule has 2 nitrogen and oxygen atoms in total. The summed E-state index contributed by atoms with van der Waals surface area (Å²) in [6.45, 7) is 1.60. The number of hydrogen-bond donors (Lipinski definition) is 0. The molecule has 1 saturated heterocycles. The summed E-state index contributed by atoms with van der Waals surface area (Å²) in [7, 11) is 0. The largest absolute Gasteiger partial charge is 0.338 e. The summed E-state index contributed by atoms with van der Waals surface area (Å²) < 4.78 is 0. The smallest absolute Gasteiger partial charge is 0.253 e. The van der Waals surface area contributed by atoms with E-state index in [2.05, 4.69) is 24.3 Å². The van der Waals surface area contributed by atoms with Gasteiger partial charge in [-0.15, -0.1) is 0 Å². The highest BCUT2D eigenvalue weighted by atomic mass is 35.5. The number of carbonyl (C=O) groups excluding carboxylic acids is 1. The monoisotopic (exact) mass is 363 g/mol. The van der Waals surface area contributed by atoms with Crippen LogP contribution in [0, 0.1) is 0 Å². The third-order valence-corrected chi connectivity index (χ3v) is 5.55. The molecule has 1 heterocycles. The summed E-state index contributed by atoms with van der Waals surface area (Å²) in [5.74, 6) is 0.510. The Morgan fingerprint density at radius 1 is 0.923 bits per heavy atom. The van der Waals surface area contributed by atoms with Gasteiger partial charge < -0.3 is 4.90 Å². The zero-order chi connectivity index (χ0) is 17.9. The van der Waals surface area contributed by atoms with Crippen molar-refractivity contribution in [3.8, 4) is 0 Å². The quantitative estimate of drug-likeness (QED) is 0.554. The average Bonchev–Trinajstić information content (AvgIpc) is 2.94. The van der Waals surface area contributed by atoms with E-state index in [0.29, 0.717) is 5.92 Å². The maximum Gasteiger partial charge on any atom is 0.253 e. The minimum Gasteiger partial charge on any atom is -0.338 e. The van der Waals surface area contributed by atoms with Crippen LogP contribution in [0.2, 0.25) is 5.02 Å². The van der Waals surface area contributed by atoms with Gasteiger partial charge >= 0.3 is 0 Å². The molecule has 1 atom stereocenters. The molecule has 1 unspecified atom stereocenters. The van der Waals surface area contributed by atoms with Gasteiger partial charge in [0.1, 0.15) is 0 Å². The minimum absolute atomic E-state index is 0.136. The Balaban J connectivity index is 1.58. The highest BCUT2D eigenvalue weighted by molar-refractivity contribution is 6.30. The molecular formula is C23H22ClNO. The van der Waals surface area contributed by atoms with Gasteiger partial charge in [0.25, 0.3) is 5.91 Å². The molecule has 1 aliphatic heterocycles. The number of likely N-dealkylation sites (tertiary alicyclic amines) is 1. The number of hydrogen-bond acceptors (Lipinski definition) is 1. The first-order valence-corrected chi connectivity index (χ1v) is 9.62. The molecule has 0 radical (unpaired) electrons. The van der Waals surface area contributed by atoms with Crippen LogP contribution in [-0.2, 0) is 0 Å². The Hall–Kier alpha value is -2.32. The Kier molecular flexibility index (Phi) is 4.94. The molecule has 132 valence electrons. The molecule has 3 aromatic rings. The van der Waals surface area contributed by atoms with Gasteiger partial charge in [0.15, 0.2) is 0 Å². The van der Waals surface area contributed by atoms with E-state index in [1.807, 2.05) is 47.4 Å². The number of benzene rings is 3. The first-order chi connectivity index (χ1) is 12.7. The molecule has 0 N–H and O–H groups in total. The van der Waals surface area contributed by atoms with Gasteiger partial charge in [-0.3, -0.25) is 4.79 Å². The van der Waals surface area contributed by atoms with E-state index in [-0.39, 0.29) is 5.91 Å². The van der Waals surface area contributed by atoms with Gasteiger partial charge in [-0.2, -0.15) is 0 Å². The number of nitrogens with zero attached hydrogens (tertiary/aromatic N) is 1. The molecule has 0 aliphatic carbocycles. The Labute approximate surface area is 159 Å².